The minimum Gasteiger partial charge on any atom is -0.444 e. The summed E-state index contributed by atoms with van der Waals surface area (Å²) < 4.78 is 7.67. The van der Waals surface area contributed by atoms with Gasteiger partial charge in [-0.15, -0.1) is 0 Å². The van der Waals surface area contributed by atoms with Crippen LogP contribution in [0, 0.1) is 0 Å². The zero-order chi connectivity index (χ0) is 16.6. The van der Waals surface area contributed by atoms with Crippen molar-refractivity contribution in [2.45, 2.75) is 65.0 Å². The number of hydrogen-bond donors (Lipinski definition) is 0. The molecule has 2 aliphatic rings. The number of likely N-dealkylation sites (tertiary alicyclic amines) is 1. The Morgan fingerprint density at radius 2 is 2.00 bits per heavy atom. The van der Waals surface area contributed by atoms with E-state index >= 15 is 0 Å². The van der Waals surface area contributed by atoms with E-state index < -0.39 is 5.60 Å². The van der Waals surface area contributed by atoms with Crippen LogP contribution in [0.1, 0.15) is 57.8 Å². The molecule has 1 aliphatic heterocycles. The van der Waals surface area contributed by atoms with Gasteiger partial charge < -0.3 is 9.64 Å². The maximum absolute atomic E-state index is 12.2. The molecule has 1 aromatic heterocycles. The lowest BCUT2D eigenvalue weighted by molar-refractivity contribution is 0.0184. The van der Waals surface area contributed by atoms with Gasteiger partial charge >= 0.3 is 6.09 Å². The Hall–Kier alpha value is -1.78. The molecule has 1 aliphatic carbocycles. The Labute approximate surface area is 138 Å². The first-order valence-electron chi connectivity index (χ1n) is 8.52. The largest absolute Gasteiger partial charge is 0.444 e. The van der Waals surface area contributed by atoms with Gasteiger partial charge in [-0.05, 0) is 52.5 Å². The number of ether oxygens (including phenoxy) is 1. The van der Waals surface area contributed by atoms with E-state index in [9.17, 15) is 4.79 Å². The van der Waals surface area contributed by atoms with Crippen molar-refractivity contribution >= 4 is 6.09 Å². The lowest BCUT2D eigenvalue weighted by atomic mass is 9.97. The lowest BCUT2D eigenvalue weighted by Gasteiger charge is -2.34. The van der Waals surface area contributed by atoms with Crippen molar-refractivity contribution in [1.82, 2.24) is 14.7 Å². The summed E-state index contributed by atoms with van der Waals surface area (Å²) in [5.41, 5.74) is 3.70. The van der Waals surface area contributed by atoms with E-state index in [-0.39, 0.29) is 6.09 Å². The van der Waals surface area contributed by atoms with Gasteiger partial charge in [0, 0.05) is 25.2 Å². The molecule has 0 radical (unpaired) electrons. The number of allylic oxidation sites excluding steroid dienone is 2. The fraction of sp³-hybridized carbons (Fsp3) is 0.667. The molecular weight excluding hydrogens is 290 g/mol. The molecule has 3 rings (SSSR count). The van der Waals surface area contributed by atoms with E-state index in [1.54, 1.807) is 0 Å². The molecule has 0 spiro atoms. The number of amides is 1. The van der Waals surface area contributed by atoms with Crippen LogP contribution in [0.25, 0.3) is 0 Å². The van der Waals surface area contributed by atoms with Gasteiger partial charge in [0.2, 0.25) is 0 Å². The average molecular weight is 317 g/mol. The molecule has 0 atom stereocenters. The van der Waals surface area contributed by atoms with Crippen LogP contribution in [0.5, 0.6) is 0 Å². The third-order valence-corrected chi connectivity index (χ3v) is 4.56. The van der Waals surface area contributed by atoms with Gasteiger partial charge in [0.05, 0.1) is 12.2 Å². The molecule has 5 heteroatoms. The molecule has 23 heavy (non-hydrogen) atoms. The quantitative estimate of drug-likeness (QED) is 0.745. The molecular formula is C18H27N3O2. The van der Waals surface area contributed by atoms with Crippen molar-refractivity contribution in [3.8, 4) is 0 Å². The number of nitrogens with zero attached hydrogens (tertiary/aromatic N) is 3. The topological polar surface area (TPSA) is 47.4 Å². The van der Waals surface area contributed by atoms with Gasteiger partial charge in [-0.25, -0.2) is 4.79 Å². The third kappa shape index (κ3) is 3.59. The van der Waals surface area contributed by atoms with Gasteiger partial charge in [-0.2, -0.15) is 5.10 Å². The van der Waals surface area contributed by atoms with E-state index in [1.807, 2.05) is 31.9 Å². The van der Waals surface area contributed by atoms with Gasteiger partial charge in [0.1, 0.15) is 5.60 Å². The second kappa shape index (κ2) is 6.02. The molecule has 0 N–H and O–H groups in total. The van der Waals surface area contributed by atoms with Crippen LogP contribution in [-0.4, -0.2) is 39.5 Å². The van der Waals surface area contributed by atoms with Gasteiger partial charge in [-0.3, -0.25) is 4.68 Å². The molecule has 1 amide bonds. The number of aromatic nitrogens is 2. The Kier molecular flexibility index (Phi) is 4.21. The predicted octanol–water partition coefficient (Wildman–Crippen LogP) is 3.50. The number of rotatable bonds is 1. The highest BCUT2D eigenvalue weighted by molar-refractivity contribution is 5.68. The van der Waals surface area contributed by atoms with E-state index in [0.717, 1.165) is 38.8 Å². The first-order valence-corrected chi connectivity index (χ1v) is 8.52. The molecule has 1 aromatic rings. The summed E-state index contributed by atoms with van der Waals surface area (Å²) in [6, 6.07) is 0.392. The summed E-state index contributed by atoms with van der Waals surface area (Å²) in [7, 11) is 0. The summed E-state index contributed by atoms with van der Waals surface area (Å²) in [4.78, 5) is 14.0. The maximum Gasteiger partial charge on any atom is 0.410 e. The highest BCUT2D eigenvalue weighted by Crippen LogP contribution is 2.29. The van der Waals surface area contributed by atoms with Crippen LogP contribution in [0.15, 0.2) is 17.8 Å². The van der Waals surface area contributed by atoms with Gasteiger partial charge in [-0.1, -0.05) is 11.6 Å². The van der Waals surface area contributed by atoms with Crippen molar-refractivity contribution < 1.29 is 9.53 Å². The number of carbonyl (C=O) groups is 1. The molecule has 0 unspecified atom stereocenters. The van der Waals surface area contributed by atoms with Crippen molar-refractivity contribution in [1.29, 1.82) is 0 Å². The summed E-state index contributed by atoms with van der Waals surface area (Å²) in [5.74, 6) is 0. The summed E-state index contributed by atoms with van der Waals surface area (Å²) in [6.07, 6.45) is 7.99. The summed E-state index contributed by atoms with van der Waals surface area (Å²) >= 11 is 0. The lowest BCUT2D eigenvalue weighted by Crippen LogP contribution is -2.42. The van der Waals surface area contributed by atoms with Gasteiger partial charge in [0.25, 0.3) is 0 Å². The first-order chi connectivity index (χ1) is 10.8. The van der Waals surface area contributed by atoms with Crippen molar-refractivity contribution in [3.63, 3.8) is 0 Å². The van der Waals surface area contributed by atoms with Crippen LogP contribution < -0.4 is 0 Å². The fourth-order valence-electron chi connectivity index (χ4n) is 3.34. The minimum absolute atomic E-state index is 0.197. The maximum atomic E-state index is 12.2. The predicted molar refractivity (Wildman–Crippen MR) is 89.5 cm³/mol. The van der Waals surface area contributed by atoms with Crippen molar-refractivity contribution in [3.05, 3.63) is 29.1 Å². The molecule has 126 valence electrons. The average Bonchev–Trinajstić information content (AvgIpc) is 2.88. The fourth-order valence-corrected chi connectivity index (χ4v) is 3.34. The Bertz CT molecular complexity index is 617. The Balaban J connectivity index is 1.62. The number of fused-ring (bicyclic) bond motifs is 1. The summed E-state index contributed by atoms with van der Waals surface area (Å²) in [5, 5.41) is 4.63. The van der Waals surface area contributed by atoms with Crippen LogP contribution in [-0.2, 0) is 17.6 Å². The molecule has 2 heterocycles. The van der Waals surface area contributed by atoms with E-state index in [2.05, 4.69) is 22.8 Å². The number of piperidine rings is 1. The smallest absolute Gasteiger partial charge is 0.410 e. The van der Waals surface area contributed by atoms with E-state index in [0.29, 0.717) is 6.04 Å². The van der Waals surface area contributed by atoms with Crippen LogP contribution >= 0.6 is 0 Å². The molecule has 0 saturated carbocycles. The Morgan fingerprint density at radius 3 is 2.65 bits per heavy atom. The molecule has 0 aromatic carbocycles. The zero-order valence-electron chi connectivity index (χ0n) is 14.6. The SMILES string of the molecule is CC1=CCc2cnn(C3CCN(C(=O)OC(C)(C)C)CC3)c2C1. The standard InChI is InChI=1S/C18H27N3O2/c1-13-5-6-14-12-19-21(16(14)11-13)15-7-9-20(10-8-15)17(22)23-18(2,3)4/h5,12,15H,6-11H2,1-4H3. The normalized spacial score (nSPS) is 19.3. The first kappa shape index (κ1) is 16.1. The second-order valence-corrected chi connectivity index (χ2v) is 7.69. The van der Waals surface area contributed by atoms with Crippen molar-refractivity contribution in [2.24, 2.45) is 0 Å². The zero-order valence-corrected chi connectivity index (χ0v) is 14.6. The minimum atomic E-state index is -0.432. The summed E-state index contributed by atoms with van der Waals surface area (Å²) in [6.45, 7) is 9.38. The van der Waals surface area contributed by atoms with Crippen molar-refractivity contribution in [2.75, 3.05) is 13.1 Å². The third-order valence-electron chi connectivity index (χ3n) is 4.56. The molecule has 5 nitrogen and oxygen atoms in total. The molecule has 1 saturated heterocycles. The van der Waals surface area contributed by atoms with E-state index in [4.69, 9.17) is 4.74 Å². The second-order valence-electron chi connectivity index (χ2n) is 7.69. The highest BCUT2D eigenvalue weighted by Gasteiger charge is 2.29. The highest BCUT2D eigenvalue weighted by atomic mass is 16.6. The molecule has 1 fully saturated rings. The van der Waals surface area contributed by atoms with E-state index in [1.165, 1.54) is 16.8 Å². The van der Waals surface area contributed by atoms with Gasteiger partial charge in [0.15, 0.2) is 0 Å². The number of carbonyl (C=O) groups excluding carboxylic acids is 1. The van der Waals surface area contributed by atoms with Crippen LogP contribution in [0.3, 0.4) is 0 Å². The Morgan fingerprint density at radius 1 is 1.30 bits per heavy atom. The van der Waals surface area contributed by atoms with Crippen LogP contribution in [0.4, 0.5) is 4.79 Å². The monoisotopic (exact) mass is 317 g/mol. The molecule has 0 bridgehead atoms. The van der Waals surface area contributed by atoms with Crippen LogP contribution in [0.2, 0.25) is 0 Å². The number of hydrogen-bond acceptors (Lipinski definition) is 3.